The van der Waals surface area contributed by atoms with Crippen molar-refractivity contribution >= 4 is 112 Å². The van der Waals surface area contributed by atoms with E-state index in [-0.39, 0.29) is 11.1 Å². The Morgan fingerprint density at radius 2 is 0.719 bits per heavy atom. The number of hydrogen-bond donors (Lipinski definition) is 0. The lowest BCUT2D eigenvalue weighted by Crippen LogP contribution is -2.28. The predicted octanol–water partition coefficient (Wildman–Crippen LogP) is 25.3. The summed E-state index contributed by atoms with van der Waals surface area (Å²) in [6.07, 6.45) is 0. The van der Waals surface area contributed by atoms with Crippen LogP contribution >= 0.6 is 23.2 Å². The maximum Gasteiger partial charge on any atom is 0.137 e. The van der Waals surface area contributed by atoms with Crippen molar-refractivity contribution in [1.29, 1.82) is 0 Å². The highest BCUT2D eigenvalue weighted by molar-refractivity contribution is 6.31. The first-order chi connectivity index (χ1) is 51.6. The van der Waals surface area contributed by atoms with Gasteiger partial charge in [0.15, 0.2) is 0 Å². The molecule has 96 heavy (non-hydrogen) atoms. The summed E-state index contributed by atoms with van der Waals surface area (Å²) in [4.78, 5) is 4.31. The molecule has 2 aliphatic rings. The van der Waals surface area contributed by atoms with E-state index in [4.69, 9.17) is 40.3 Å². The van der Waals surface area contributed by atoms with E-state index in [1.165, 1.54) is 44.2 Å². The van der Waals surface area contributed by atoms with Crippen LogP contribution in [0.4, 0.5) is 34.1 Å². The third-order valence-electron chi connectivity index (χ3n) is 19.1. The molecule has 19 rings (SSSR count). The first-order valence-corrected chi connectivity index (χ1v) is 32.4. The molecule has 2 heterocycles. The minimum atomic E-state index is -1.99. The van der Waals surface area contributed by atoms with Crippen LogP contribution in [-0.2, 0) is 10.8 Å². The van der Waals surface area contributed by atoms with E-state index in [1.54, 1.807) is 24.3 Å². The summed E-state index contributed by atoms with van der Waals surface area (Å²) in [5.74, 6) is 0. The van der Waals surface area contributed by atoms with Crippen molar-refractivity contribution in [3.05, 3.63) is 406 Å². The molecule has 2 aliphatic carbocycles. The Bertz CT molecular complexity index is 6330. The van der Waals surface area contributed by atoms with Gasteiger partial charge < -0.3 is 18.6 Å². The highest BCUT2D eigenvalue weighted by Gasteiger charge is 2.48. The molecular weight excluding hydrogens is 1210 g/mol. The number of hydrogen-bond acceptors (Lipinski definition) is 4. The zero-order chi connectivity index (χ0) is 72.6. The average molecular weight is 1280 g/mol. The van der Waals surface area contributed by atoms with Gasteiger partial charge in [0.1, 0.15) is 22.3 Å². The number of benzene rings is 15. The number of halogens is 2. The number of para-hydroxylation sites is 2. The van der Waals surface area contributed by atoms with Crippen molar-refractivity contribution in [3.8, 4) is 22.3 Å². The van der Waals surface area contributed by atoms with Crippen LogP contribution in [0.5, 0.6) is 0 Å². The summed E-state index contributed by atoms with van der Waals surface area (Å²) in [5.41, 5.74) is 14.5. The van der Waals surface area contributed by atoms with Crippen molar-refractivity contribution in [2.45, 2.75) is 10.8 Å². The third-order valence-corrected chi connectivity index (χ3v) is 19.6. The fourth-order valence-electron chi connectivity index (χ4n) is 15.3. The molecule has 17 aromatic rings. The summed E-state index contributed by atoms with van der Waals surface area (Å²) in [6.45, 7) is 0. The van der Waals surface area contributed by atoms with Crippen molar-refractivity contribution in [3.63, 3.8) is 0 Å². The summed E-state index contributed by atoms with van der Waals surface area (Å²) >= 11 is 13.4. The zero-order valence-electron chi connectivity index (χ0n) is 61.2. The van der Waals surface area contributed by atoms with E-state index < -0.39 is 71.3 Å². The molecule has 0 amide bonds. The Balaban J connectivity index is 0.000000151. The Hall–Kier alpha value is -11.7. The van der Waals surface area contributed by atoms with E-state index in [2.05, 4.69) is 157 Å². The first-order valence-electron chi connectivity index (χ1n) is 36.7. The fourth-order valence-corrected chi connectivity index (χ4v) is 15.7. The lowest BCUT2D eigenvalue weighted by molar-refractivity contribution is 0.668. The average Bonchev–Trinajstić information content (AvgIpc) is 1.49. The van der Waals surface area contributed by atoms with Gasteiger partial charge in [-0.05, 0) is 175 Å². The van der Waals surface area contributed by atoms with Gasteiger partial charge in [0, 0.05) is 43.6 Å². The molecule has 2 aromatic heterocycles. The molecule has 0 unspecified atom stereocenters. The lowest BCUT2D eigenvalue weighted by atomic mass is 9.67. The van der Waals surface area contributed by atoms with Gasteiger partial charge in [-0.15, -0.1) is 0 Å². The van der Waals surface area contributed by atoms with Gasteiger partial charge >= 0.3 is 0 Å². The minimum absolute atomic E-state index is 0.234. The molecule has 0 atom stereocenters. The molecule has 0 N–H and O–H groups in total. The second kappa shape index (κ2) is 23.1. The van der Waals surface area contributed by atoms with Gasteiger partial charge in [0.2, 0.25) is 0 Å². The molecule has 0 spiro atoms. The van der Waals surface area contributed by atoms with Crippen LogP contribution in [0.1, 0.15) is 58.2 Å². The molecule has 0 saturated carbocycles. The molecule has 454 valence electrons. The van der Waals surface area contributed by atoms with E-state index in [1.807, 2.05) is 120 Å². The third kappa shape index (κ3) is 8.90. The normalized spacial score (nSPS) is 14.5. The highest BCUT2D eigenvalue weighted by Crippen LogP contribution is 2.61. The van der Waals surface area contributed by atoms with E-state index in [9.17, 15) is 5.48 Å². The second-order valence-electron chi connectivity index (χ2n) is 24.1. The van der Waals surface area contributed by atoms with E-state index in [0.717, 1.165) is 55.5 Å². The van der Waals surface area contributed by atoms with Crippen LogP contribution < -0.4 is 9.80 Å². The lowest BCUT2D eigenvalue weighted by Gasteiger charge is -2.35. The Morgan fingerprint density at radius 1 is 0.292 bits per heavy atom. The van der Waals surface area contributed by atoms with Crippen molar-refractivity contribution in [2.24, 2.45) is 0 Å². The van der Waals surface area contributed by atoms with Crippen LogP contribution in [0.25, 0.3) is 76.9 Å². The molecule has 15 aromatic carbocycles. The van der Waals surface area contributed by atoms with Crippen molar-refractivity contribution < 1.29 is 22.5 Å². The summed E-state index contributed by atoms with van der Waals surface area (Å²) in [5, 5.41) is 7.47. The molecule has 6 heteroatoms. The molecule has 0 saturated heterocycles. The van der Waals surface area contributed by atoms with Crippen LogP contribution in [0, 0.1) is 0 Å². The smallest absolute Gasteiger partial charge is 0.137 e. The predicted molar refractivity (Wildman–Crippen MR) is 399 cm³/mol. The number of nitrogens with zero attached hydrogens (tertiary/aromatic N) is 2. The van der Waals surface area contributed by atoms with Gasteiger partial charge in [0.05, 0.1) is 46.7 Å². The molecule has 0 radical (unpaired) electrons. The Labute approximate surface area is 580 Å². The zero-order valence-corrected chi connectivity index (χ0v) is 52.7. The summed E-state index contributed by atoms with van der Waals surface area (Å²) in [7, 11) is 0. The van der Waals surface area contributed by atoms with Crippen LogP contribution in [0.15, 0.2) is 360 Å². The topological polar surface area (TPSA) is 32.8 Å². The fraction of sp³-hybridized carbons (Fsp3) is 0.0222. The van der Waals surface area contributed by atoms with Gasteiger partial charge in [-0.1, -0.05) is 278 Å². The maximum atomic E-state index is 9.37. The van der Waals surface area contributed by atoms with Crippen LogP contribution in [0.2, 0.25) is 10.0 Å². The standard InChI is InChI=1S/C47H30ClNO.C43H28ClNO/c48-34-18-11-19-35(29-34)49(42-22-12-24-44-46(42)39-21-9-10-23-43(39)50-44)36-26-27-38-41(30-36)47(32-14-3-1-4-15-32,33-16-5-2-6-17-33)40-28-25-31-13-7-8-20-37(31)45(38)40;44-31-17-11-18-32(27-31)45(39-22-12-24-41-42(39)36-20-8-10-23-40(36)46-41)33-25-26-35-34-19-7-9-21-37(34)43(38(35)28-33,29-13-3-1-4-14-29)30-15-5-2-6-16-30/h1-30H;1-28H/i;1D,2D,3D,4D,5D,6D,13D,14D,15D,16D. The minimum Gasteiger partial charge on any atom is -0.456 e. The number of furan rings is 2. The van der Waals surface area contributed by atoms with E-state index >= 15 is 0 Å². The van der Waals surface area contributed by atoms with Crippen molar-refractivity contribution in [1.82, 2.24) is 0 Å². The summed E-state index contributed by atoms with van der Waals surface area (Å²) in [6, 6.07) is 92.5. The Kier molecular flexibility index (Phi) is 11.4. The quantitative estimate of drug-likeness (QED) is 0.137. The van der Waals surface area contributed by atoms with Crippen molar-refractivity contribution in [2.75, 3.05) is 9.80 Å². The van der Waals surface area contributed by atoms with Crippen LogP contribution in [-0.4, -0.2) is 0 Å². The van der Waals surface area contributed by atoms with Crippen LogP contribution in [0.3, 0.4) is 0 Å². The molecular formula is C90H58Cl2N2O2. The molecule has 0 aliphatic heterocycles. The molecule has 0 bridgehead atoms. The second-order valence-corrected chi connectivity index (χ2v) is 24.9. The SMILES string of the molecule is Clc1cccc(N(c2ccc3c(c2)C(c2ccccc2)(c2ccccc2)c2ccc4ccccc4c2-3)c2cccc3oc4ccccc4c23)c1.[2H]c1c([2H])c([2H])c(C2(c3c([2H])c([2H])c([2H])c([2H])c3[2H])c3ccccc3-c3ccc(N(c4cccc(Cl)c4)c4cccc5oc6ccccc6c45)cc32)c([2H])c1[2H]. The molecule has 0 fully saturated rings. The number of anilines is 6. The summed E-state index contributed by atoms with van der Waals surface area (Å²) < 4.78 is 102. The van der Waals surface area contributed by atoms with Gasteiger partial charge in [-0.25, -0.2) is 0 Å². The molecule has 4 nitrogen and oxygen atoms in total. The van der Waals surface area contributed by atoms with Gasteiger partial charge in [0.25, 0.3) is 0 Å². The Morgan fingerprint density at radius 3 is 1.27 bits per heavy atom. The van der Waals surface area contributed by atoms with Gasteiger partial charge in [-0.3, -0.25) is 0 Å². The largest absolute Gasteiger partial charge is 0.456 e. The van der Waals surface area contributed by atoms with Gasteiger partial charge in [-0.2, -0.15) is 0 Å². The highest BCUT2D eigenvalue weighted by atomic mass is 35.5. The monoisotopic (exact) mass is 1280 g/mol. The first kappa shape index (κ1) is 47.3. The maximum absolute atomic E-state index is 9.37. The van der Waals surface area contributed by atoms with E-state index in [0.29, 0.717) is 54.8 Å². The number of fused-ring (bicyclic) bond motifs is 14. The number of rotatable bonds is 10.